The highest BCUT2D eigenvalue weighted by atomic mass is 16.5. The molecule has 0 fully saturated rings. The van der Waals surface area contributed by atoms with Crippen molar-refractivity contribution in [2.75, 3.05) is 30.6 Å². The van der Waals surface area contributed by atoms with E-state index in [4.69, 9.17) is 9.47 Å². The second kappa shape index (κ2) is 9.56. The Hall–Kier alpha value is -4.13. The highest BCUT2D eigenvalue weighted by Crippen LogP contribution is 2.36. The van der Waals surface area contributed by atoms with Gasteiger partial charge in [0, 0.05) is 7.05 Å². The van der Waals surface area contributed by atoms with Gasteiger partial charge in [0.15, 0.2) is 6.61 Å². The molecule has 7 nitrogen and oxygen atoms in total. The van der Waals surface area contributed by atoms with Crippen LogP contribution in [0.15, 0.2) is 72.8 Å². The number of para-hydroxylation sites is 3. The number of hydrogen-bond acceptors (Lipinski definition) is 5. The predicted octanol–water partition coefficient (Wildman–Crippen LogP) is 4.51. The summed E-state index contributed by atoms with van der Waals surface area (Å²) in [5.41, 5.74) is 4.17. The van der Waals surface area contributed by atoms with Gasteiger partial charge in [-0.2, -0.15) is 0 Å². The van der Waals surface area contributed by atoms with Crippen LogP contribution in [0.3, 0.4) is 0 Å². The second-order valence-electron chi connectivity index (χ2n) is 7.61. The number of fused-ring (bicyclic) bond motifs is 2. The van der Waals surface area contributed by atoms with Crippen LogP contribution in [0.2, 0.25) is 0 Å². The summed E-state index contributed by atoms with van der Waals surface area (Å²) in [6, 6.07) is 22.0. The Morgan fingerprint density at radius 3 is 2.00 bits per heavy atom. The van der Waals surface area contributed by atoms with Crippen molar-refractivity contribution in [3.63, 3.8) is 0 Å². The minimum atomic E-state index is -0.703. The number of amides is 2. The largest absolute Gasteiger partial charge is 0.452 e. The Bertz CT molecular complexity index is 1160. The van der Waals surface area contributed by atoms with Gasteiger partial charge in [-0.25, -0.2) is 9.59 Å². The fourth-order valence-corrected chi connectivity index (χ4v) is 3.99. The van der Waals surface area contributed by atoms with Crippen LogP contribution in [0.25, 0.3) is 0 Å². The van der Waals surface area contributed by atoms with Crippen molar-refractivity contribution in [1.82, 2.24) is 0 Å². The van der Waals surface area contributed by atoms with Gasteiger partial charge in [-0.05, 0) is 48.2 Å². The zero-order valence-electron chi connectivity index (χ0n) is 18.5. The van der Waals surface area contributed by atoms with Crippen molar-refractivity contribution >= 4 is 35.0 Å². The van der Waals surface area contributed by atoms with E-state index < -0.39 is 18.7 Å². The summed E-state index contributed by atoms with van der Waals surface area (Å²) in [5.74, 6) is -1.06. The Labute approximate surface area is 192 Å². The van der Waals surface area contributed by atoms with Crippen LogP contribution < -0.4 is 9.80 Å². The first-order chi connectivity index (χ1) is 16.0. The monoisotopic (exact) mass is 444 g/mol. The number of rotatable bonds is 4. The number of esters is 1. The molecule has 1 heterocycles. The molecule has 0 aliphatic carbocycles. The molecule has 0 unspecified atom stereocenters. The third-order valence-electron chi connectivity index (χ3n) is 5.64. The lowest BCUT2D eigenvalue weighted by atomic mass is 10.0. The van der Waals surface area contributed by atoms with Crippen LogP contribution in [0.1, 0.15) is 21.5 Å². The van der Waals surface area contributed by atoms with E-state index in [-0.39, 0.29) is 11.5 Å². The van der Waals surface area contributed by atoms with Crippen LogP contribution in [0.4, 0.5) is 21.9 Å². The molecule has 1 aliphatic heterocycles. The first-order valence-corrected chi connectivity index (χ1v) is 10.6. The third kappa shape index (κ3) is 4.43. The molecule has 2 amide bonds. The summed E-state index contributed by atoms with van der Waals surface area (Å²) in [6.07, 6.45) is 0.998. The number of carbonyl (C=O) groups is 3. The van der Waals surface area contributed by atoms with Gasteiger partial charge < -0.3 is 9.47 Å². The van der Waals surface area contributed by atoms with E-state index in [1.54, 1.807) is 23.1 Å². The van der Waals surface area contributed by atoms with Crippen molar-refractivity contribution in [2.24, 2.45) is 0 Å². The maximum Gasteiger partial charge on any atom is 0.413 e. The molecule has 4 rings (SSSR count). The van der Waals surface area contributed by atoms with Crippen LogP contribution in [0.5, 0.6) is 0 Å². The SMILES string of the molecule is COC(=O)N(C)c1ccccc1C(=O)OCC(=O)N1c2ccccc2CCc2ccccc21. The molecule has 3 aromatic rings. The molecule has 0 bridgehead atoms. The summed E-state index contributed by atoms with van der Waals surface area (Å²) in [7, 11) is 2.75. The Morgan fingerprint density at radius 1 is 0.848 bits per heavy atom. The predicted molar refractivity (Wildman–Crippen MR) is 125 cm³/mol. The van der Waals surface area contributed by atoms with Gasteiger partial charge in [-0.1, -0.05) is 48.5 Å². The van der Waals surface area contributed by atoms with E-state index in [1.807, 2.05) is 48.5 Å². The number of nitrogens with zero attached hydrogens (tertiary/aromatic N) is 2. The third-order valence-corrected chi connectivity index (χ3v) is 5.64. The molecular formula is C26H24N2O5. The summed E-state index contributed by atoms with van der Waals surface area (Å²) in [5, 5.41) is 0. The van der Waals surface area contributed by atoms with Gasteiger partial charge in [0.05, 0.1) is 29.7 Å². The van der Waals surface area contributed by atoms with Gasteiger partial charge in [0.2, 0.25) is 0 Å². The number of hydrogen-bond donors (Lipinski definition) is 0. The highest BCUT2D eigenvalue weighted by molar-refractivity contribution is 6.05. The normalized spacial score (nSPS) is 12.1. The lowest BCUT2D eigenvalue weighted by Crippen LogP contribution is -2.32. The molecular weight excluding hydrogens is 420 g/mol. The van der Waals surface area contributed by atoms with Crippen molar-refractivity contribution in [1.29, 1.82) is 0 Å². The molecule has 0 atom stereocenters. The lowest BCUT2D eigenvalue weighted by Gasteiger charge is -2.25. The number of anilines is 3. The Balaban J connectivity index is 1.58. The first kappa shape index (κ1) is 22.1. The molecule has 3 aromatic carbocycles. The van der Waals surface area contributed by atoms with E-state index in [0.29, 0.717) is 5.69 Å². The van der Waals surface area contributed by atoms with Gasteiger partial charge >= 0.3 is 12.1 Å². The van der Waals surface area contributed by atoms with Crippen LogP contribution in [-0.2, 0) is 27.1 Å². The number of benzene rings is 3. The van der Waals surface area contributed by atoms with E-state index in [9.17, 15) is 14.4 Å². The van der Waals surface area contributed by atoms with Crippen molar-refractivity contribution in [3.8, 4) is 0 Å². The fourth-order valence-electron chi connectivity index (χ4n) is 3.99. The van der Waals surface area contributed by atoms with E-state index >= 15 is 0 Å². The van der Waals surface area contributed by atoms with Gasteiger partial charge in [0.25, 0.3) is 5.91 Å². The minimum Gasteiger partial charge on any atom is -0.452 e. The Kier molecular flexibility index (Phi) is 6.40. The van der Waals surface area contributed by atoms with Crippen molar-refractivity contribution < 1.29 is 23.9 Å². The molecule has 0 spiro atoms. The quantitative estimate of drug-likeness (QED) is 0.554. The van der Waals surface area contributed by atoms with Crippen LogP contribution in [0, 0.1) is 0 Å². The van der Waals surface area contributed by atoms with Crippen LogP contribution >= 0.6 is 0 Å². The molecule has 0 N–H and O–H groups in total. The fraction of sp³-hybridized carbons (Fsp3) is 0.192. The van der Waals surface area contributed by atoms with E-state index in [1.165, 1.54) is 25.1 Å². The van der Waals surface area contributed by atoms with E-state index in [2.05, 4.69) is 0 Å². The topological polar surface area (TPSA) is 76.1 Å². The molecule has 0 saturated carbocycles. The molecule has 0 radical (unpaired) electrons. The molecule has 0 saturated heterocycles. The second-order valence-corrected chi connectivity index (χ2v) is 7.61. The number of carbonyl (C=O) groups excluding carboxylic acids is 3. The van der Waals surface area contributed by atoms with E-state index in [0.717, 1.165) is 35.3 Å². The maximum absolute atomic E-state index is 13.3. The minimum absolute atomic E-state index is 0.162. The molecule has 0 aromatic heterocycles. The average molecular weight is 444 g/mol. The average Bonchev–Trinajstić information content (AvgIpc) is 3.03. The maximum atomic E-state index is 13.3. The smallest absolute Gasteiger partial charge is 0.413 e. The van der Waals surface area contributed by atoms with Gasteiger partial charge in [-0.3, -0.25) is 14.6 Å². The lowest BCUT2D eigenvalue weighted by molar-refractivity contribution is -0.120. The molecule has 7 heteroatoms. The van der Waals surface area contributed by atoms with Crippen molar-refractivity contribution in [3.05, 3.63) is 89.5 Å². The van der Waals surface area contributed by atoms with Gasteiger partial charge in [0.1, 0.15) is 0 Å². The van der Waals surface area contributed by atoms with Crippen LogP contribution in [-0.4, -0.2) is 38.7 Å². The summed E-state index contributed by atoms with van der Waals surface area (Å²) in [6.45, 7) is -0.447. The highest BCUT2D eigenvalue weighted by Gasteiger charge is 2.27. The standard InChI is InChI=1S/C26H24N2O5/c1-27(26(31)32-2)23-14-8-5-11-20(23)25(30)33-17-24(29)28-21-12-6-3-9-18(21)15-16-19-10-4-7-13-22(19)28/h3-14H,15-17H2,1-2H3. The molecule has 168 valence electrons. The van der Waals surface area contributed by atoms with Gasteiger partial charge in [-0.15, -0.1) is 0 Å². The van der Waals surface area contributed by atoms with Crippen molar-refractivity contribution in [2.45, 2.75) is 12.8 Å². The first-order valence-electron chi connectivity index (χ1n) is 10.6. The number of ether oxygens (including phenoxy) is 2. The Morgan fingerprint density at radius 2 is 1.39 bits per heavy atom. The summed E-state index contributed by atoms with van der Waals surface area (Å²) in [4.78, 5) is 41.0. The molecule has 33 heavy (non-hydrogen) atoms. The number of methoxy groups -OCH3 is 1. The molecule has 1 aliphatic rings. The summed E-state index contributed by atoms with van der Waals surface area (Å²) < 4.78 is 10.1. The zero-order chi connectivity index (χ0) is 23.4. The summed E-state index contributed by atoms with van der Waals surface area (Å²) >= 11 is 0. The zero-order valence-corrected chi connectivity index (χ0v) is 18.5. The number of aryl methyl sites for hydroxylation is 2.